The summed E-state index contributed by atoms with van der Waals surface area (Å²) in [6, 6.07) is 4.56. The summed E-state index contributed by atoms with van der Waals surface area (Å²) >= 11 is 0. The van der Waals surface area contributed by atoms with Crippen LogP contribution in [0, 0.1) is 13.8 Å². The van der Waals surface area contributed by atoms with Gasteiger partial charge < -0.3 is 9.88 Å². The van der Waals surface area contributed by atoms with E-state index in [1.807, 2.05) is 19.3 Å². The molecule has 0 bridgehead atoms. The average molecular weight is 286 g/mol. The molecule has 2 aromatic rings. The van der Waals surface area contributed by atoms with Gasteiger partial charge in [-0.25, -0.2) is 4.98 Å². The largest absolute Gasteiger partial charge is 0.335 e. The number of nitrogens with zero attached hydrogens (tertiary/aromatic N) is 3. The SMILES string of the molecule is CCCNC(Cc1nccn1CC)c1ccc(C)nc1C. The van der Waals surface area contributed by atoms with Gasteiger partial charge >= 0.3 is 0 Å². The van der Waals surface area contributed by atoms with Crippen LogP contribution in [0.4, 0.5) is 0 Å². The lowest BCUT2D eigenvalue weighted by atomic mass is 10.0. The molecule has 1 unspecified atom stereocenters. The maximum absolute atomic E-state index is 4.61. The lowest BCUT2D eigenvalue weighted by molar-refractivity contribution is 0.503. The summed E-state index contributed by atoms with van der Waals surface area (Å²) in [5.41, 5.74) is 3.46. The highest BCUT2D eigenvalue weighted by Crippen LogP contribution is 2.21. The molecule has 0 radical (unpaired) electrons. The maximum Gasteiger partial charge on any atom is 0.110 e. The van der Waals surface area contributed by atoms with Crippen LogP contribution in [0.3, 0.4) is 0 Å². The summed E-state index contributed by atoms with van der Waals surface area (Å²) in [5.74, 6) is 1.13. The number of aromatic nitrogens is 3. The Morgan fingerprint density at radius 1 is 1.24 bits per heavy atom. The van der Waals surface area contributed by atoms with Gasteiger partial charge in [-0.3, -0.25) is 4.98 Å². The minimum atomic E-state index is 0.269. The molecular weight excluding hydrogens is 260 g/mol. The summed E-state index contributed by atoms with van der Waals surface area (Å²) < 4.78 is 2.21. The highest BCUT2D eigenvalue weighted by molar-refractivity contribution is 5.26. The molecule has 2 aromatic heterocycles. The zero-order valence-electron chi connectivity index (χ0n) is 13.6. The van der Waals surface area contributed by atoms with E-state index >= 15 is 0 Å². The Kier molecular flexibility index (Phi) is 5.51. The van der Waals surface area contributed by atoms with E-state index in [0.29, 0.717) is 0 Å². The van der Waals surface area contributed by atoms with E-state index in [1.54, 1.807) is 0 Å². The summed E-state index contributed by atoms with van der Waals surface area (Å²) in [6.07, 6.45) is 5.95. The van der Waals surface area contributed by atoms with E-state index in [9.17, 15) is 0 Å². The molecule has 0 aromatic carbocycles. The number of rotatable bonds is 7. The van der Waals surface area contributed by atoms with Crippen molar-refractivity contribution < 1.29 is 0 Å². The Morgan fingerprint density at radius 3 is 2.71 bits per heavy atom. The third-order valence-corrected chi connectivity index (χ3v) is 3.81. The number of hydrogen-bond donors (Lipinski definition) is 1. The molecule has 0 fully saturated rings. The molecule has 0 saturated carbocycles. The van der Waals surface area contributed by atoms with Gasteiger partial charge in [0.25, 0.3) is 0 Å². The second-order valence-electron chi connectivity index (χ2n) is 5.47. The molecule has 0 aliphatic carbocycles. The fraction of sp³-hybridized carbons (Fsp3) is 0.529. The second-order valence-corrected chi connectivity index (χ2v) is 5.47. The molecule has 4 nitrogen and oxygen atoms in total. The predicted molar refractivity (Wildman–Crippen MR) is 86.4 cm³/mol. The number of imidazole rings is 1. The van der Waals surface area contributed by atoms with Gasteiger partial charge in [0.05, 0.1) is 0 Å². The van der Waals surface area contributed by atoms with E-state index in [0.717, 1.165) is 43.1 Å². The van der Waals surface area contributed by atoms with Gasteiger partial charge in [0.2, 0.25) is 0 Å². The summed E-state index contributed by atoms with van der Waals surface area (Å²) in [7, 11) is 0. The van der Waals surface area contributed by atoms with Crippen LogP contribution in [0.5, 0.6) is 0 Å². The van der Waals surface area contributed by atoms with Crippen LogP contribution in [0.15, 0.2) is 24.5 Å². The Balaban J connectivity index is 2.25. The number of hydrogen-bond acceptors (Lipinski definition) is 3. The zero-order valence-corrected chi connectivity index (χ0v) is 13.6. The van der Waals surface area contributed by atoms with Gasteiger partial charge in [0, 0.05) is 42.8 Å². The molecule has 1 atom stereocenters. The van der Waals surface area contributed by atoms with Crippen molar-refractivity contribution >= 4 is 0 Å². The molecule has 0 aliphatic heterocycles. The van der Waals surface area contributed by atoms with Crippen molar-refractivity contribution in [1.82, 2.24) is 19.9 Å². The summed E-state index contributed by atoms with van der Waals surface area (Å²) in [4.78, 5) is 9.12. The van der Waals surface area contributed by atoms with E-state index < -0.39 is 0 Å². The Bertz CT molecular complexity index is 574. The van der Waals surface area contributed by atoms with Crippen LogP contribution in [-0.2, 0) is 13.0 Å². The lowest BCUT2D eigenvalue weighted by Gasteiger charge is -2.21. The van der Waals surface area contributed by atoms with Gasteiger partial charge in [-0.15, -0.1) is 0 Å². The first kappa shape index (κ1) is 15.7. The third-order valence-electron chi connectivity index (χ3n) is 3.81. The van der Waals surface area contributed by atoms with E-state index in [4.69, 9.17) is 0 Å². The number of pyridine rings is 1. The van der Waals surface area contributed by atoms with Crippen molar-refractivity contribution in [3.63, 3.8) is 0 Å². The highest BCUT2D eigenvalue weighted by Gasteiger charge is 2.17. The van der Waals surface area contributed by atoms with Crippen molar-refractivity contribution in [1.29, 1.82) is 0 Å². The quantitative estimate of drug-likeness (QED) is 0.850. The van der Waals surface area contributed by atoms with E-state index in [2.05, 4.69) is 52.8 Å². The molecule has 1 N–H and O–H groups in total. The van der Waals surface area contributed by atoms with Crippen LogP contribution in [0.1, 0.15) is 49.1 Å². The van der Waals surface area contributed by atoms with Gasteiger partial charge in [0.1, 0.15) is 5.82 Å². The molecule has 2 rings (SSSR count). The smallest absolute Gasteiger partial charge is 0.110 e. The van der Waals surface area contributed by atoms with Crippen molar-refractivity contribution in [2.75, 3.05) is 6.54 Å². The van der Waals surface area contributed by atoms with Gasteiger partial charge in [-0.05, 0) is 45.4 Å². The molecule has 4 heteroatoms. The molecule has 0 amide bonds. The molecule has 0 aliphatic rings. The highest BCUT2D eigenvalue weighted by atomic mass is 15.1. The first-order chi connectivity index (χ1) is 10.2. The van der Waals surface area contributed by atoms with Crippen LogP contribution >= 0.6 is 0 Å². The predicted octanol–water partition coefficient (Wildman–Crippen LogP) is 3.20. The average Bonchev–Trinajstić information content (AvgIpc) is 2.91. The van der Waals surface area contributed by atoms with Gasteiger partial charge in [0.15, 0.2) is 0 Å². The Hall–Kier alpha value is -1.68. The zero-order chi connectivity index (χ0) is 15.2. The molecule has 114 valence electrons. The third kappa shape index (κ3) is 3.91. The fourth-order valence-electron chi connectivity index (χ4n) is 2.68. The monoisotopic (exact) mass is 286 g/mol. The summed E-state index contributed by atoms with van der Waals surface area (Å²) in [6.45, 7) is 10.4. The molecule has 2 heterocycles. The molecule has 21 heavy (non-hydrogen) atoms. The normalized spacial score (nSPS) is 12.6. The van der Waals surface area contributed by atoms with Crippen molar-refractivity contribution in [3.8, 4) is 0 Å². The molecule has 0 spiro atoms. The topological polar surface area (TPSA) is 42.7 Å². The number of aryl methyl sites for hydroxylation is 3. The Morgan fingerprint density at radius 2 is 2.05 bits per heavy atom. The van der Waals surface area contributed by atoms with E-state index in [-0.39, 0.29) is 6.04 Å². The first-order valence-corrected chi connectivity index (χ1v) is 7.83. The first-order valence-electron chi connectivity index (χ1n) is 7.83. The van der Waals surface area contributed by atoms with Crippen LogP contribution in [0.2, 0.25) is 0 Å². The van der Waals surface area contributed by atoms with Crippen molar-refractivity contribution in [2.45, 2.75) is 53.1 Å². The van der Waals surface area contributed by atoms with Crippen molar-refractivity contribution in [3.05, 3.63) is 47.3 Å². The van der Waals surface area contributed by atoms with Crippen LogP contribution in [0.25, 0.3) is 0 Å². The minimum Gasteiger partial charge on any atom is -0.335 e. The van der Waals surface area contributed by atoms with E-state index in [1.165, 1.54) is 5.56 Å². The lowest BCUT2D eigenvalue weighted by Crippen LogP contribution is -2.26. The fourth-order valence-corrected chi connectivity index (χ4v) is 2.68. The molecular formula is C17H26N4. The standard InChI is InChI=1S/C17H26N4/c1-5-9-18-16(12-17-19-10-11-21(17)6-2)15-8-7-13(3)20-14(15)4/h7-8,10-11,16,18H,5-6,9,12H2,1-4H3. The summed E-state index contributed by atoms with van der Waals surface area (Å²) in [5, 5.41) is 3.64. The maximum atomic E-state index is 4.61. The molecule has 0 saturated heterocycles. The van der Waals surface area contributed by atoms with Crippen LogP contribution < -0.4 is 5.32 Å². The van der Waals surface area contributed by atoms with Crippen LogP contribution in [-0.4, -0.2) is 21.1 Å². The minimum absolute atomic E-state index is 0.269. The van der Waals surface area contributed by atoms with Gasteiger partial charge in [-0.2, -0.15) is 0 Å². The Labute approximate surface area is 127 Å². The van der Waals surface area contributed by atoms with Gasteiger partial charge in [-0.1, -0.05) is 13.0 Å². The second kappa shape index (κ2) is 7.36. The number of nitrogens with one attached hydrogen (secondary N) is 1. The van der Waals surface area contributed by atoms with Crippen molar-refractivity contribution in [2.24, 2.45) is 0 Å².